The molecular formula is C23H32O7. The average molecular weight is 421 g/mol. The fraction of sp³-hybridized carbons (Fsp3) is 0.652. The second-order valence-corrected chi connectivity index (χ2v) is 8.33. The Hall–Kier alpha value is -1.48. The van der Waals surface area contributed by atoms with E-state index in [1.165, 1.54) is 0 Å². The van der Waals surface area contributed by atoms with Crippen LogP contribution in [-0.2, 0) is 25.6 Å². The lowest BCUT2D eigenvalue weighted by molar-refractivity contribution is -0.219. The van der Waals surface area contributed by atoms with Gasteiger partial charge in [-0.15, -0.1) is 6.58 Å². The van der Waals surface area contributed by atoms with Gasteiger partial charge in [0.2, 0.25) is 0 Å². The van der Waals surface area contributed by atoms with Crippen LogP contribution < -0.4 is 4.74 Å². The molecule has 2 N–H and O–H groups in total. The highest BCUT2D eigenvalue weighted by Gasteiger charge is 2.61. The first-order chi connectivity index (χ1) is 14.6. The highest BCUT2D eigenvalue weighted by Crippen LogP contribution is 2.46. The molecular weight excluding hydrogens is 388 g/mol. The zero-order chi connectivity index (χ0) is 21.1. The number of aliphatic hydroxyl groups excluding tert-OH is 2. The maximum Gasteiger partial charge on any atom is 0.169 e. The van der Waals surface area contributed by atoms with Crippen molar-refractivity contribution < 1.29 is 33.9 Å². The van der Waals surface area contributed by atoms with Crippen LogP contribution in [0.25, 0.3) is 0 Å². The van der Waals surface area contributed by atoms with Crippen molar-refractivity contribution in [2.45, 2.75) is 81.1 Å². The molecule has 0 radical (unpaired) electrons. The van der Waals surface area contributed by atoms with Gasteiger partial charge >= 0.3 is 0 Å². The summed E-state index contributed by atoms with van der Waals surface area (Å²) < 4.78 is 29.9. The van der Waals surface area contributed by atoms with Crippen LogP contribution in [0.1, 0.15) is 37.7 Å². The third kappa shape index (κ3) is 4.28. The van der Waals surface area contributed by atoms with E-state index in [1.807, 2.05) is 24.3 Å². The summed E-state index contributed by atoms with van der Waals surface area (Å²) in [6, 6.07) is 7.54. The van der Waals surface area contributed by atoms with E-state index in [0.29, 0.717) is 0 Å². The van der Waals surface area contributed by atoms with Crippen molar-refractivity contribution in [3.63, 3.8) is 0 Å². The van der Waals surface area contributed by atoms with Crippen molar-refractivity contribution in [2.75, 3.05) is 13.7 Å². The molecule has 1 heterocycles. The van der Waals surface area contributed by atoms with Crippen LogP contribution in [0.2, 0.25) is 0 Å². The predicted molar refractivity (Wildman–Crippen MR) is 109 cm³/mol. The van der Waals surface area contributed by atoms with Gasteiger partial charge in [-0.2, -0.15) is 0 Å². The SMILES string of the molecule is C=CCO[C@@H]1[C@H](O)[C@H](O)[C@H](OCc2ccc(OC)cc2)[C@H]2OC3(CCCCC3)O[C@H]21. The van der Waals surface area contributed by atoms with E-state index in [9.17, 15) is 10.2 Å². The van der Waals surface area contributed by atoms with Gasteiger partial charge in [0, 0.05) is 12.8 Å². The summed E-state index contributed by atoms with van der Waals surface area (Å²) in [6.07, 6.45) is 1.67. The van der Waals surface area contributed by atoms with Crippen LogP contribution in [0.3, 0.4) is 0 Å². The zero-order valence-electron chi connectivity index (χ0n) is 17.4. The number of fused-ring (bicyclic) bond motifs is 1. The fourth-order valence-corrected chi connectivity index (χ4v) is 4.75. The molecule has 4 rings (SSSR count). The Kier molecular flexibility index (Phi) is 6.77. The first kappa shape index (κ1) is 21.7. The van der Waals surface area contributed by atoms with E-state index in [1.54, 1.807) is 13.2 Å². The lowest BCUT2D eigenvalue weighted by Crippen LogP contribution is -2.64. The second-order valence-electron chi connectivity index (χ2n) is 8.33. The van der Waals surface area contributed by atoms with Gasteiger partial charge in [0.1, 0.15) is 42.4 Å². The molecule has 1 aromatic carbocycles. The Labute approximate surface area is 177 Å². The van der Waals surface area contributed by atoms with Gasteiger partial charge in [0.25, 0.3) is 0 Å². The Morgan fingerprint density at radius 2 is 1.60 bits per heavy atom. The molecule has 3 fully saturated rings. The topological polar surface area (TPSA) is 86.6 Å². The zero-order valence-corrected chi connectivity index (χ0v) is 17.4. The van der Waals surface area contributed by atoms with Crippen molar-refractivity contribution in [3.05, 3.63) is 42.5 Å². The van der Waals surface area contributed by atoms with Gasteiger partial charge in [-0.25, -0.2) is 0 Å². The van der Waals surface area contributed by atoms with Crippen LogP contribution in [0.5, 0.6) is 5.75 Å². The Balaban J connectivity index is 1.52. The predicted octanol–water partition coefficient (Wildman–Crippen LogP) is 2.33. The van der Waals surface area contributed by atoms with Crippen LogP contribution in [-0.4, -0.2) is 66.3 Å². The van der Waals surface area contributed by atoms with Crippen molar-refractivity contribution >= 4 is 0 Å². The van der Waals surface area contributed by atoms with E-state index in [2.05, 4.69) is 6.58 Å². The summed E-state index contributed by atoms with van der Waals surface area (Å²) in [5, 5.41) is 21.7. The van der Waals surface area contributed by atoms with Crippen LogP contribution in [0, 0.1) is 0 Å². The van der Waals surface area contributed by atoms with Gasteiger partial charge in [-0.1, -0.05) is 24.6 Å². The molecule has 2 saturated carbocycles. The number of aliphatic hydroxyl groups is 2. The summed E-state index contributed by atoms with van der Waals surface area (Å²) in [4.78, 5) is 0. The maximum atomic E-state index is 10.9. The van der Waals surface area contributed by atoms with E-state index >= 15 is 0 Å². The third-order valence-electron chi connectivity index (χ3n) is 6.32. The minimum Gasteiger partial charge on any atom is -0.497 e. The molecule has 1 spiro atoms. The first-order valence-electron chi connectivity index (χ1n) is 10.8. The molecule has 2 aliphatic carbocycles. The monoisotopic (exact) mass is 420 g/mol. The summed E-state index contributed by atoms with van der Waals surface area (Å²) >= 11 is 0. The van der Waals surface area contributed by atoms with E-state index in [-0.39, 0.29) is 13.2 Å². The van der Waals surface area contributed by atoms with Gasteiger partial charge in [0.05, 0.1) is 20.3 Å². The lowest BCUT2D eigenvalue weighted by atomic mass is 9.84. The summed E-state index contributed by atoms with van der Waals surface area (Å²) in [5.74, 6) is 0.0791. The molecule has 166 valence electrons. The van der Waals surface area contributed by atoms with Crippen LogP contribution in [0.4, 0.5) is 0 Å². The minimum absolute atomic E-state index is 0.255. The smallest absolute Gasteiger partial charge is 0.169 e. The molecule has 0 bridgehead atoms. The summed E-state index contributed by atoms with van der Waals surface area (Å²) in [5.41, 5.74) is 0.936. The average Bonchev–Trinajstić information content (AvgIpc) is 3.12. The molecule has 1 aromatic rings. The van der Waals surface area contributed by atoms with Gasteiger partial charge in [0.15, 0.2) is 5.79 Å². The highest BCUT2D eigenvalue weighted by molar-refractivity contribution is 5.26. The molecule has 1 saturated heterocycles. The molecule has 7 heteroatoms. The van der Waals surface area contributed by atoms with E-state index in [4.69, 9.17) is 23.7 Å². The molecule has 0 aromatic heterocycles. The van der Waals surface area contributed by atoms with Gasteiger partial charge in [-0.05, 0) is 30.5 Å². The Morgan fingerprint density at radius 1 is 1.00 bits per heavy atom. The number of benzene rings is 1. The number of hydrogen-bond donors (Lipinski definition) is 2. The Bertz CT molecular complexity index is 700. The highest BCUT2D eigenvalue weighted by atomic mass is 16.8. The van der Waals surface area contributed by atoms with Crippen LogP contribution >= 0.6 is 0 Å². The number of rotatable bonds is 7. The van der Waals surface area contributed by atoms with Crippen LogP contribution in [0.15, 0.2) is 36.9 Å². The summed E-state index contributed by atoms with van der Waals surface area (Å²) in [7, 11) is 1.62. The largest absolute Gasteiger partial charge is 0.497 e. The molecule has 30 heavy (non-hydrogen) atoms. The third-order valence-corrected chi connectivity index (χ3v) is 6.32. The van der Waals surface area contributed by atoms with E-state index < -0.39 is 42.4 Å². The molecule has 0 amide bonds. The Morgan fingerprint density at radius 3 is 2.17 bits per heavy atom. The number of methoxy groups -OCH3 is 1. The number of ether oxygens (including phenoxy) is 5. The second kappa shape index (κ2) is 9.34. The van der Waals surface area contributed by atoms with Crippen molar-refractivity contribution in [1.82, 2.24) is 0 Å². The molecule has 7 nitrogen and oxygen atoms in total. The normalized spacial score (nSPS) is 35.2. The molecule has 3 aliphatic rings. The van der Waals surface area contributed by atoms with Crippen molar-refractivity contribution in [1.29, 1.82) is 0 Å². The van der Waals surface area contributed by atoms with Crippen molar-refractivity contribution in [3.8, 4) is 5.75 Å². The van der Waals surface area contributed by atoms with Gasteiger partial charge in [-0.3, -0.25) is 0 Å². The standard InChI is InChI=1S/C23H32O7/c1-3-13-27-19-17(24)18(25)20(28-14-15-7-9-16(26-2)10-8-15)22-21(19)29-23(30-22)11-5-4-6-12-23/h3,7-10,17-22,24-25H,1,4-6,11-14H2,2H3/t17-,18+,19-,20+,21+,22-/m1/s1. The molecule has 1 aliphatic heterocycles. The quantitative estimate of drug-likeness (QED) is 0.655. The maximum absolute atomic E-state index is 10.9. The van der Waals surface area contributed by atoms with Crippen molar-refractivity contribution in [2.24, 2.45) is 0 Å². The lowest BCUT2D eigenvalue weighted by Gasteiger charge is -2.42. The fourth-order valence-electron chi connectivity index (χ4n) is 4.75. The van der Waals surface area contributed by atoms with E-state index in [0.717, 1.165) is 43.4 Å². The summed E-state index contributed by atoms with van der Waals surface area (Å²) in [6.45, 7) is 4.20. The van der Waals surface area contributed by atoms with Gasteiger partial charge < -0.3 is 33.9 Å². The molecule has 6 atom stereocenters. The minimum atomic E-state index is -1.15. The first-order valence-corrected chi connectivity index (χ1v) is 10.8. The number of hydrogen-bond acceptors (Lipinski definition) is 7. The molecule has 0 unspecified atom stereocenters.